The number of benzene rings is 2. The molecule has 1 aliphatic rings. The normalized spacial score (nSPS) is 14.7. The second-order valence-electron chi connectivity index (χ2n) is 6.57. The van der Waals surface area contributed by atoms with Gasteiger partial charge >= 0.3 is 0 Å². The maximum absolute atomic E-state index is 13.3. The van der Waals surface area contributed by atoms with Gasteiger partial charge in [-0.15, -0.1) is 0 Å². The van der Waals surface area contributed by atoms with Crippen molar-refractivity contribution >= 4 is 51.3 Å². The van der Waals surface area contributed by atoms with Gasteiger partial charge in [0, 0.05) is 19.1 Å². The van der Waals surface area contributed by atoms with Crippen LogP contribution < -0.4 is 15.0 Å². The highest BCUT2D eigenvalue weighted by Gasteiger charge is 2.30. The zero-order chi connectivity index (χ0) is 22.4. The minimum absolute atomic E-state index is 0.111. The van der Waals surface area contributed by atoms with Crippen molar-refractivity contribution in [1.82, 2.24) is 5.32 Å². The maximum Gasteiger partial charge on any atom is 0.265 e. The first-order chi connectivity index (χ1) is 15.0. The van der Waals surface area contributed by atoms with E-state index in [9.17, 15) is 9.59 Å². The van der Waals surface area contributed by atoms with Crippen LogP contribution in [0.4, 0.5) is 5.69 Å². The lowest BCUT2D eigenvalue weighted by molar-refractivity contribution is -0.127. The smallest absolute Gasteiger partial charge is 0.265 e. The number of ether oxygens (including phenoxy) is 3. The number of methoxy groups -OCH3 is 3. The van der Waals surface area contributed by atoms with Crippen LogP contribution in [0.15, 0.2) is 56.7 Å². The summed E-state index contributed by atoms with van der Waals surface area (Å²) in [5.41, 5.74) is 1.55. The molecule has 3 rings (SSSR count). The summed E-state index contributed by atoms with van der Waals surface area (Å²) in [6.07, 6.45) is 1.26. The molecule has 0 fully saturated rings. The number of carbonyl (C=O) groups excluding carboxylic acids is 2. The first-order valence-electron chi connectivity index (χ1n) is 9.43. The summed E-state index contributed by atoms with van der Waals surface area (Å²) in [5.74, 6) is 0.167. The number of rotatable bonds is 8. The lowest BCUT2D eigenvalue weighted by Crippen LogP contribution is -2.44. The molecule has 0 radical (unpaired) electrons. The highest BCUT2D eigenvalue weighted by molar-refractivity contribution is 9.10. The Balaban J connectivity index is 1.84. The van der Waals surface area contributed by atoms with E-state index < -0.39 is 6.29 Å². The van der Waals surface area contributed by atoms with Crippen LogP contribution in [-0.2, 0) is 19.1 Å². The van der Waals surface area contributed by atoms with Crippen molar-refractivity contribution in [3.05, 3.63) is 57.4 Å². The molecule has 164 valence electrons. The SMILES string of the molecule is COc1ccc(C=C2Sc3ccccc3N(CC(=O)NCC(OC)OC)C2=O)cc1Br. The third-order valence-electron chi connectivity index (χ3n) is 4.60. The third-order valence-corrected chi connectivity index (χ3v) is 6.30. The van der Waals surface area contributed by atoms with E-state index in [1.54, 1.807) is 7.11 Å². The number of anilines is 1. The molecule has 0 aromatic heterocycles. The van der Waals surface area contributed by atoms with Crippen molar-refractivity contribution in [2.75, 3.05) is 39.3 Å². The van der Waals surface area contributed by atoms with E-state index in [1.807, 2.05) is 48.5 Å². The summed E-state index contributed by atoms with van der Waals surface area (Å²) in [4.78, 5) is 28.7. The van der Waals surface area contributed by atoms with E-state index >= 15 is 0 Å². The van der Waals surface area contributed by atoms with Gasteiger partial charge in [-0.05, 0) is 51.8 Å². The summed E-state index contributed by atoms with van der Waals surface area (Å²) < 4.78 is 16.2. The second-order valence-corrected chi connectivity index (χ2v) is 8.51. The molecule has 2 aromatic rings. The van der Waals surface area contributed by atoms with Gasteiger partial charge in [0.1, 0.15) is 12.3 Å². The molecule has 2 amide bonds. The van der Waals surface area contributed by atoms with Crippen LogP contribution in [0.3, 0.4) is 0 Å². The maximum atomic E-state index is 13.3. The number of fused-ring (bicyclic) bond motifs is 1. The molecule has 1 heterocycles. The zero-order valence-electron chi connectivity index (χ0n) is 17.4. The van der Waals surface area contributed by atoms with Gasteiger partial charge < -0.3 is 19.5 Å². The highest BCUT2D eigenvalue weighted by Crippen LogP contribution is 2.42. The van der Waals surface area contributed by atoms with Crippen molar-refractivity contribution in [3.63, 3.8) is 0 Å². The molecule has 0 atom stereocenters. The fraction of sp³-hybridized carbons (Fsp3) is 0.273. The van der Waals surface area contributed by atoms with Gasteiger partial charge in [0.15, 0.2) is 6.29 Å². The quantitative estimate of drug-likeness (QED) is 0.434. The van der Waals surface area contributed by atoms with Gasteiger partial charge in [0.25, 0.3) is 5.91 Å². The van der Waals surface area contributed by atoms with Crippen molar-refractivity contribution < 1.29 is 23.8 Å². The number of carbonyl (C=O) groups is 2. The van der Waals surface area contributed by atoms with Gasteiger partial charge in [-0.3, -0.25) is 14.5 Å². The van der Waals surface area contributed by atoms with E-state index in [4.69, 9.17) is 14.2 Å². The monoisotopic (exact) mass is 506 g/mol. The predicted octanol–water partition coefficient (Wildman–Crippen LogP) is 3.67. The number of nitrogens with one attached hydrogen (secondary N) is 1. The molecule has 0 bridgehead atoms. The zero-order valence-corrected chi connectivity index (χ0v) is 19.8. The summed E-state index contributed by atoms with van der Waals surface area (Å²) in [5, 5.41) is 2.74. The molecule has 1 aliphatic heterocycles. The molecule has 1 N–H and O–H groups in total. The van der Waals surface area contributed by atoms with E-state index in [-0.39, 0.29) is 24.9 Å². The second kappa shape index (κ2) is 10.8. The number of amides is 2. The summed E-state index contributed by atoms with van der Waals surface area (Å²) in [7, 11) is 4.59. The van der Waals surface area contributed by atoms with E-state index in [2.05, 4.69) is 21.2 Å². The molecule has 0 saturated carbocycles. The van der Waals surface area contributed by atoms with Gasteiger partial charge in [0.2, 0.25) is 5.91 Å². The molecular formula is C22H23BrN2O5S. The third kappa shape index (κ3) is 5.68. The standard InChI is InChI=1S/C22H23BrN2O5S/c1-28-17-9-8-14(10-15(17)23)11-19-22(27)25(16-6-4-5-7-18(16)31-19)13-20(26)24-12-21(29-2)30-3/h4-11,21H,12-13H2,1-3H3,(H,24,26). The van der Waals surface area contributed by atoms with E-state index in [0.717, 1.165) is 14.9 Å². The molecule has 0 spiro atoms. The highest BCUT2D eigenvalue weighted by atomic mass is 79.9. The van der Waals surface area contributed by atoms with Crippen LogP contribution in [0.2, 0.25) is 0 Å². The fourth-order valence-electron chi connectivity index (χ4n) is 3.00. The van der Waals surface area contributed by atoms with E-state index in [0.29, 0.717) is 16.3 Å². The Morgan fingerprint density at radius 3 is 2.61 bits per heavy atom. The summed E-state index contributed by atoms with van der Waals surface area (Å²) >= 11 is 4.85. The molecule has 9 heteroatoms. The Morgan fingerprint density at radius 1 is 1.19 bits per heavy atom. The average molecular weight is 507 g/mol. The first kappa shape index (κ1) is 23.3. The van der Waals surface area contributed by atoms with Gasteiger partial charge in [-0.2, -0.15) is 0 Å². The number of halogens is 1. The number of nitrogens with zero attached hydrogens (tertiary/aromatic N) is 1. The molecule has 7 nitrogen and oxygen atoms in total. The Bertz CT molecular complexity index is 994. The van der Waals surface area contributed by atoms with E-state index in [1.165, 1.54) is 30.9 Å². The molecular weight excluding hydrogens is 484 g/mol. The largest absolute Gasteiger partial charge is 0.496 e. The summed E-state index contributed by atoms with van der Waals surface area (Å²) in [6.45, 7) is 0.0764. The van der Waals surface area contributed by atoms with Gasteiger partial charge in [-0.1, -0.05) is 30.0 Å². The van der Waals surface area contributed by atoms with Crippen LogP contribution in [0.5, 0.6) is 5.75 Å². The van der Waals surface area contributed by atoms with Crippen LogP contribution in [-0.4, -0.2) is 52.5 Å². The minimum Gasteiger partial charge on any atom is -0.496 e. The van der Waals surface area contributed by atoms with Crippen LogP contribution >= 0.6 is 27.7 Å². The molecule has 2 aromatic carbocycles. The van der Waals surface area contributed by atoms with Crippen molar-refractivity contribution in [2.24, 2.45) is 0 Å². The van der Waals surface area contributed by atoms with Gasteiger partial charge in [0.05, 0.1) is 28.7 Å². The molecule has 0 aliphatic carbocycles. The Hall–Kier alpha value is -2.33. The average Bonchev–Trinajstić information content (AvgIpc) is 2.77. The van der Waals surface area contributed by atoms with Crippen LogP contribution in [0.1, 0.15) is 5.56 Å². The Labute approximate surface area is 193 Å². The van der Waals surface area contributed by atoms with Crippen LogP contribution in [0, 0.1) is 0 Å². The molecule has 0 unspecified atom stereocenters. The minimum atomic E-state index is -0.548. The molecule has 31 heavy (non-hydrogen) atoms. The first-order valence-corrected chi connectivity index (χ1v) is 11.0. The van der Waals surface area contributed by atoms with Crippen molar-refractivity contribution in [1.29, 1.82) is 0 Å². The topological polar surface area (TPSA) is 77.1 Å². The lowest BCUT2D eigenvalue weighted by atomic mass is 10.2. The fourth-order valence-corrected chi connectivity index (χ4v) is 4.62. The van der Waals surface area contributed by atoms with Gasteiger partial charge in [-0.25, -0.2) is 0 Å². The predicted molar refractivity (Wildman–Crippen MR) is 124 cm³/mol. The Morgan fingerprint density at radius 2 is 1.94 bits per heavy atom. The number of thioether (sulfide) groups is 1. The number of para-hydroxylation sites is 1. The Kier molecular flexibility index (Phi) is 8.14. The lowest BCUT2D eigenvalue weighted by Gasteiger charge is -2.30. The number of hydrogen-bond acceptors (Lipinski definition) is 6. The summed E-state index contributed by atoms with van der Waals surface area (Å²) in [6, 6.07) is 13.1. The number of hydrogen-bond donors (Lipinski definition) is 1. The molecule has 0 saturated heterocycles. The van der Waals surface area contributed by atoms with Crippen molar-refractivity contribution in [3.8, 4) is 5.75 Å². The van der Waals surface area contributed by atoms with Crippen molar-refractivity contribution in [2.45, 2.75) is 11.2 Å². The van der Waals surface area contributed by atoms with Crippen LogP contribution in [0.25, 0.3) is 6.08 Å².